The molecule has 110 valence electrons. The van der Waals surface area contributed by atoms with E-state index in [1.165, 1.54) is 19.1 Å². The molecule has 1 aromatic carbocycles. The Bertz CT molecular complexity index is 552. The number of nitrogens with zero attached hydrogens (tertiary/aromatic N) is 1. The van der Waals surface area contributed by atoms with Gasteiger partial charge < -0.3 is 10.8 Å². The molecule has 1 aromatic rings. The molecule has 0 fully saturated rings. The number of aliphatic hydroxyl groups excluding tert-OH is 1. The van der Waals surface area contributed by atoms with Crippen LogP contribution >= 0.6 is 0 Å². The minimum atomic E-state index is -1.92. The molecule has 0 radical (unpaired) electrons. The number of hydrogen-bond donors (Lipinski definition) is 2. The van der Waals surface area contributed by atoms with E-state index >= 15 is 0 Å². The van der Waals surface area contributed by atoms with Crippen LogP contribution in [0.4, 0.5) is 4.39 Å². The number of hydrogen-bond acceptors (Lipinski definition) is 2. The highest BCUT2D eigenvalue weighted by atomic mass is 32.2. The topological polar surface area (TPSA) is 75.7 Å². The van der Waals surface area contributed by atoms with Gasteiger partial charge in [0.15, 0.2) is 11.0 Å². The minimum absolute atomic E-state index is 0.0165. The van der Waals surface area contributed by atoms with Crippen LogP contribution in [0.15, 0.2) is 39.3 Å². The first-order valence-electron chi connectivity index (χ1n) is 6.35. The SMILES string of the molecule is CCCCc1ccc(S(=O)/N=C(N)/C=C(/C)O)c(F)c1. The fraction of sp³-hybridized carbons (Fsp3) is 0.357. The smallest absolute Gasteiger partial charge is 0.177 e. The Labute approximate surface area is 120 Å². The van der Waals surface area contributed by atoms with Gasteiger partial charge >= 0.3 is 0 Å². The normalized spacial score (nSPS) is 14.3. The third kappa shape index (κ3) is 5.13. The molecule has 0 aliphatic rings. The highest BCUT2D eigenvalue weighted by Gasteiger charge is 2.10. The number of nitrogens with two attached hydrogens (primary N) is 1. The first-order valence-corrected chi connectivity index (χ1v) is 7.46. The van der Waals surface area contributed by atoms with Crippen molar-refractivity contribution < 1.29 is 13.7 Å². The summed E-state index contributed by atoms with van der Waals surface area (Å²) in [6, 6.07) is 4.58. The quantitative estimate of drug-likeness (QED) is 0.481. The molecule has 0 spiro atoms. The molecule has 1 rings (SSSR count). The van der Waals surface area contributed by atoms with Crippen LogP contribution in [0.5, 0.6) is 0 Å². The van der Waals surface area contributed by atoms with Gasteiger partial charge in [-0.05, 0) is 37.5 Å². The van der Waals surface area contributed by atoms with Crippen LogP contribution in [-0.4, -0.2) is 15.2 Å². The summed E-state index contributed by atoms with van der Waals surface area (Å²) in [5, 5.41) is 9.01. The monoisotopic (exact) mass is 298 g/mol. The molecule has 4 nitrogen and oxygen atoms in total. The van der Waals surface area contributed by atoms with E-state index in [0.717, 1.165) is 30.9 Å². The van der Waals surface area contributed by atoms with Gasteiger partial charge in [-0.1, -0.05) is 19.4 Å². The van der Waals surface area contributed by atoms with Gasteiger partial charge in [-0.3, -0.25) is 0 Å². The van der Waals surface area contributed by atoms with E-state index in [2.05, 4.69) is 11.3 Å². The van der Waals surface area contributed by atoms with Crippen molar-refractivity contribution in [3.05, 3.63) is 41.4 Å². The van der Waals surface area contributed by atoms with Gasteiger partial charge in [-0.25, -0.2) is 8.60 Å². The van der Waals surface area contributed by atoms with E-state index in [1.807, 2.05) is 0 Å². The lowest BCUT2D eigenvalue weighted by molar-refractivity contribution is 0.415. The first kappa shape index (κ1) is 16.4. The van der Waals surface area contributed by atoms with E-state index in [9.17, 15) is 8.60 Å². The molecule has 0 aliphatic carbocycles. The second kappa shape index (κ2) is 7.79. The van der Waals surface area contributed by atoms with Crippen molar-refractivity contribution in [3.8, 4) is 0 Å². The van der Waals surface area contributed by atoms with Gasteiger partial charge in [0.05, 0.1) is 10.7 Å². The molecule has 6 heteroatoms. The molecule has 0 bridgehead atoms. The Morgan fingerprint density at radius 2 is 2.25 bits per heavy atom. The summed E-state index contributed by atoms with van der Waals surface area (Å²) < 4.78 is 29.4. The maximum Gasteiger partial charge on any atom is 0.177 e. The van der Waals surface area contributed by atoms with Crippen molar-refractivity contribution in [2.24, 2.45) is 10.1 Å². The van der Waals surface area contributed by atoms with Gasteiger partial charge in [-0.15, -0.1) is 0 Å². The molecule has 0 heterocycles. The Kier molecular flexibility index (Phi) is 6.38. The minimum Gasteiger partial charge on any atom is -0.512 e. The fourth-order valence-electron chi connectivity index (χ4n) is 1.61. The summed E-state index contributed by atoms with van der Waals surface area (Å²) in [5.41, 5.74) is 6.33. The lowest BCUT2D eigenvalue weighted by Crippen LogP contribution is -2.10. The maximum atomic E-state index is 13.9. The standard InChI is InChI=1S/C14H19FN2O2S/c1-3-4-5-11-6-7-13(12(15)9-11)20(19)17-14(16)8-10(2)18/h6-9,18H,3-5H2,1-2H3,(H2,16,17)/b10-8-. The van der Waals surface area contributed by atoms with Gasteiger partial charge in [0, 0.05) is 6.08 Å². The molecule has 1 unspecified atom stereocenters. The summed E-state index contributed by atoms with van der Waals surface area (Å²) in [5.74, 6) is -0.727. The number of aliphatic hydroxyl groups is 1. The number of halogens is 1. The van der Waals surface area contributed by atoms with Gasteiger partial charge in [0.1, 0.15) is 11.7 Å². The molecule has 3 N–H and O–H groups in total. The zero-order valence-corrected chi connectivity index (χ0v) is 12.4. The van der Waals surface area contributed by atoms with Crippen LogP contribution in [0.3, 0.4) is 0 Å². The summed E-state index contributed by atoms with van der Waals surface area (Å²) >= 11 is 0. The summed E-state index contributed by atoms with van der Waals surface area (Å²) in [6.45, 7) is 3.47. The van der Waals surface area contributed by atoms with E-state index in [4.69, 9.17) is 10.8 Å². The zero-order valence-electron chi connectivity index (χ0n) is 11.6. The lowest BCUT2D eigenvalue weighted by atomic mass is 10.1. The molecule has 0 saturated carbocycles. The van der Waals surface area contributed by atoms with Crippen molar-refractivity contribution in [3.63, 3.8) is 0 Å². The maximum absolute atomic E-state index is 13.9. The first-order chi connectivity index (χ1) is 9.43. The fourth-order valence-corrected chi connectivity index (χ4v) is 2.36. The van der Waals surface area contributed by atoms with Gasteiger partial charge in [-0.2, -0.15) is 4.40 Å². The van der Waals surface area contributed by atoms with E-state index < -0.39 is 16.8 Å². The summed E-state index contributed by atoms with van der Waals surface area (Å²) in [7, 11) is -1.92. The molecule has 20 heavy (non-hydrogen) atoms. The molecule has 0 saturated heterocycles. The van der Waals surface area contributed by atoms with Gasteiger partial charge in [0.25, 0.3) is 0 Å². The van der Waals surface area contributed by atoms with Crippen LogP contribution in [0, 0.1) is 5.82 Å². The molecular weight excluding hydrogens is 279 g/mol. The average molecular weight is 298 g/mol. The Morgan fingerprint density at radius 3 is 2.80 bits per heavy atom. The van der Waals surface area contributed by atoms with Crippen molar-refractivity contribution in [2.45, 2.75) is 38.0 Å². The zero-order chi connectivity index (χ0) is 15.1. The number of benzene rings is 1. The van der Waals surface area contributed by atoms with Crippen LogP contribution in [0.25, 0.3) is 0 Å². The highest BCUT2D eigenvalue weighted by molar-refractivity contribution is 7.83. The largest absolute Gasteiger partial charge is 0.512 e. The molecular formula is C14H19FN2O2S. The Hall–Kier alpha value is -1.69. The molecule has 1 atom stereocenters. The van der Waals surface area contributed by atoms with Crippen LogP contribution in [0.2, 0.25) is 0 Å². The van der Waals surface area contributed by atoms with E-state index in [-0.39, 0.29) is 16.5 Å². The van der Waals surface area contributed by atoms with E-state index in [0.29, 0.717) is 0 Å². The number of rotatable bonds is 6. The Balaban J connectivity index is 2.92. The molecule has 0 aromatic heterocycles. The van der Waals surface area contributed by atoms with Crippen molar-refractivity contribution in [1.29, 1.82) is 0 Å². The van der Waals surface area contributed by atoms with Gasteiger partial charge in [0.2, 0.25) is 0 Å². The Morgan fingerprint density at radius 1 is 1.55 bits per heavy atom. The number of aryl methyl sites for hydroxylation is 1. The van der Waals surface area contributed by atoms with Crippen molar-refractivity contribution in [2.75, 3.05) is 0 Å². The third-order valence-corrected chi connectivity index (χ3v) is 3.63. The third-order valence-electron chi connectivity index (χ3n) is 2.55. The van der Waals surface area contributed by atoms with Crippen molar-refractivity contribution in [1.82, 2.24) is 0 Å². The summed E-state index contributed by atoms with van der Waals surface area (Å²) in [4.78, 5) is -0.0165. The molecule has 0 amide bonds. The van der Waals surface area contributed by atoms with Crippen molar-refractivity contribution >= 4 is 16.8 Å². The predicted octanol–water partition coefficient (Wildman–Crippen LogP) is 3.01. The average Bonchev–Trinajstić information content (AvgIpc) is 2.35. The van der Waals surface area contributed by atoms with E-state index in [1.54, 1.807) is 6.07 Å². The second-order valence-electron chi connectivity index (χ2n) is 4.42. The molecule has 0 aliphatic heterocycles. The van der Waals surface area contributed by atoms with Crippen LogP contribution in [-0.2, 0) is 17.4 Å². The summed E-state index contributed by atoms with van der Waals surface area (Å²) in [6.07, 6.45) is 3.96. The highest BCUT2D eigenvalue weighted by Crippen LogP contribution is 2.17. The predicted molar refractivity (Wildman–Crippen MR) is 79.4 cm³/mol. The lowest BCUT2D eigenvalue weighted by Gasteiger charge is -2.04. The van der Waals surface area contributed by atoms with Crippen LogP contribution < -0.4 is 5.73 Å². The number of unbranched alkanes of at least 4 members (excludes halogenated alkanes) is 1. The number of amidine groups is 1. The second-order valence-corrected chi connectivity index (χ2v) is 5.54. The number of allylic oxidation sites excluding steroid dienone is 1. The van der Waals surface area contributed by atoms with Crippen LogP contribution in [0.1, 0.15) is 32.3 Å².